The molecule has 0 saturated carbocycles. The van der Waals surface area contributed by atoms with Crippen molar-refractivity contribution in [3.8, 4) is 0 Å². The molecule has 0 aliphatic carbocycles. The Kier molecular flexibility index (Phi) is 8.63. The average molecular weight is 543 g/mol. The molecule has 1 aromatic heterocycles. The van der Waals surface area contributed by atoms with Gasteiger partial charge in [-0.3, -0.25) is 4.90 Å². The number of hydrogen-bond donors (Lipinski definition) is 0. The number of carbonyl (C=O) groups excluding carboxylic acids is 1. The lowest BCUT2D eigenvalue weighted by molar-refractivity contribution is -0.927. The Labute approximate surface area is 218 Å². The zero-order chi connectivity index (χ0) is 23.4. The number of aromatic nitrogens is 1. The molecule has 0 amide bonds. The molecule has 2 saturated heterocycles. The molecule has 1 atom stereocenters. The van der Waals surface area contributed by atoms with Gasteiger partial charge in [-0.1, -0.05) is 60.5 Å². The third-order valence-corrected chi connectivity index (χ3v) is 7.57. The summed E-state index contributed by atoms with van der Waals surface area (Å²) in [6, 6.07) is 18.0. The predicted octanol–water partition coefficient (Wildman–Crippen LogP) is 2.10. The van der Waals surface area contributed by atoms with Gasteiger partial charge in [0.1, 0.15) is 18.3 Å². The van der Waals surface area contributed by atoms with Gasteiger partial charge in [-0.25, -0.2) is 4.79 Å². The SMILES string of the molecule is C[N+]1(Cc2ccccc2)CCC(OC(=O)C(c2noc3ccccc23)N2CCCCCC2)CC1.[Br-]. The summed E-state index contributed by atoms with van der Waals surface area (Å²) < 4.78 is 12.8. The summed E-state index contributed by atoms with van der Waals surface area (Å²) in [4.78, 5) is 15.9. The first-order valence-corrected chi connectivity index (χ1v) is 12.8. The minimum atomic E-state index is -0.506. The molecule has 2 aliphatic rings. The van der Waals surface area contributed by atoms with E-state index < -0.39 is 6.04 Å². The van der Waals surface area contributed by atoms with E-state index in [1.54, 1.807) is 0 Å². The quantitative estimate of drug-likeness (QED) is 0.353. The van der Waals surface area contributed by atoms with Crippen LogP contribution in [0.2, 0.25) is 0 Å². The van der Waals surface area contributed by atoms with Crippen LogP contribution in [0.25, 0.3) is 11.0 Å². The molecule has 0 bridgehead atoms. The van der Waals surface area contributed by atoms with Gasteiger partial charge in [-0.05, 0) is 38.1 Å². The summed E-state index contributed by atoms with van der Waals surface area (Å²) in [7, 11) is 2.31. The second kappa shape index (κ2) is 11.7. The van der Waals surface area contributed by atoms with E-state index in [4.69, 9.17) is 9.26 Å². The van der Waals surface area contributed by atoms with Gasteiger partial charge in [0, 0.05) is 23.8 Å². The topological polar surface area (TPSA) is 55.6 Å². The summed E-state index contributed by atoms with van der Waals surface area (Å²) >= 11 is 0. The minimum absolute atomic E-state index is 0. The van der Waals surface area contributed by atoms with Gasteiger partial charge in [-0.2, -0.15) is 0 Å². The number of likely N-dealkylation sites (tertiary alicyclic amines) is 2. The molecule has 5 rings (SSSR count). The van der Waals surface area contributed by atoms with Crippen LogP contribution in [0.3, 0.4) is 0 Å². The fourth-order valence-electron chi connectivity index (χ4n) is 5.59. The lowest BCUT2D eigenvalue weighted by atomic mass is 10.0. The smallest absolute Gasteiger partial charge is 0.330 e. The number of rotatable bonds is 6. The standard InChI is InChI=1S/C28H36N3O3.BrH/c1-31(21-22-11-5-4-6-12-22)19-15-23(16-20-31)33-28(32)27(30-17-9-2-3-10-18-30)26-24-13-7-8-14-25(24)34-29-26;/h4-8,11-14,23,27H,2-3,9-10,15-21H2,1H3;1H/q+1;/p-1. The lowest BCUT2D eigenvalue weighted by Crippen LogP contribution is -3.00. The molecule has 3 heterocycles. The zero-order valence-corrected chi connectivity index (χ0v) is 22.2. The highest BCUT2D eigenvalue weighted by molar-refractivity contribution is 5.87. The van der Waals surface area contributed by atoms with E-state index in [0.29, 0.717) is 5.69 Å². The van der Waals surface area contributed by atoms with E-state index in [2.05, 4.69) is 47.4 Å². The molecule has 2 aliphatic heterocycles. The lowest BCUT2D eigenvalue weighted by Gasteiger charge is -2.40. The maximum Gasteiger partial charge on any atom is 0.330 e. The number of para-hydroxylation sites is 1. The van der Waals surface area contributed by atoms with Crippen LogP contribution >= 0.6 is 0 Å². The molecule has 2 aromatic carbocycles. The van der Waals surface area contributed by atoms with Crippen molar-refractivity contribution in [2.45, 2.75) is 57.2 Å². The Bertz CT molecular complexity index is 1090. The number of halogens is 1. The highest BCUT2D eigenvalue weighted by Crippen LogP contribution is 2.32. The van der Waals surface area contributed by atoms with Crippen molar-refractivity contribution in [1.82, 2.24) is 10.1 Å². The first-order chi connectivity index (χ1) is 16.6. The van der Waals surface area contributed by atoms with Gasteiger partial charge in [-0.15, -0.1) is 0 Å². The van der Waals surface area contributed by atoms with Crippen LogP contribution < -0.4 is 17.0 Å². The molecule has 35 heavy (non-hydrogen) atoms. The molecular weight excluding hydrogens is 506 g/mol. The number of ether oxygens (including phenoxy) is 1. The van der Waals surface area contributed by atoms with Crippen LogP contribution in [0.1, 0.15) is 55.8 Å². The van der Waals surface area contributed by atoms with Crippen LogP contribution in [-0.4, -0.2) is 59.8 Å². The largest absolute Gasteiger partial charge is 1.00 e. The number of fused-ring (bicyclic) bond motifs is 1. The average Bonchev–Trinajstić information content (AvgIpc) is 3.08. The van der Waals surface area contributed by atoms with Crippen molar-refractivity contribution in [2.24, 2.45) is 0 Å². The molecule has 2 fully saturated rings. The first-order valence-electron chi connectivity index (χ1n) is 12.8. The van der Waals surface area contributed by atoms with E-state index >= 15 is 0 Å². The number of nitrogens with zero attached hydrogens (tertiary/aromatic N) is 3. The van der Waals surface area contributed by atoms with E-state index in [-0.39, 0.29) is 29.1 Å². The number of esters is 1. The number of quaternary nitrogens is 1. The van der Waals surface area contributed by atoms with E-state index in [9.17, 15) is 4.79 Å². The molecule has 0 N–H and O–H groups in total. The Morgan fingerprint density at radius 3 is 2.40 bits per heavy atom. The van der Waals surface area contributed by atoms with Crippen molar-refractivity contribution >= 4 is 16.9 Å². The molecule has 7 heteroatoms. The van der Waals surface area contributed by atoms with Crippen LogP contribution in [0, 0.1) is 0 Å². The first kappa shape index (κ1) is 25.9. The van der Waals surface area contributed by atoms with Crippen molar-refractivity contribution in [2.75, 3.05) is 33.2 Å². The summed E-state index contributed by atoms with van der Waals surface area (Å²) in [5.41, 5.74) is 2.78. The normalized spacial score (nSPS) is 24.3. The zero-order valence-electron chi connectivity index (χ0n) is 20.6. The summed E-state index contributed by atoms with van der Waals surface area (Å²) in [6.45, 7) is 4.81. The molecule has 188 valence electrons. The van der Waals surface area contributed by atoms with Crippen LogP contribution in [0.5, 0.6) is 0 Å². The second-order valence-electron chi connectivity index (χ2n) is 10.3. The minimum Gasteiger partial charge on any atom is -1.00 e. The Balaban J connectivity index is 0.00000289. The summed E-state index contributed by atoms with van der Waals surface area (Å²) in [6.07, 6.45) is 6.35. The maximum absolute atomic E-state index is 13.7. The molecular formula is C28H36BrN3O3. The fourth-order valence-corrected chi connectivity index (χ4v) is 5.59. The Morgan fingerprint density at radius 2 is 1.69 bits per heavy atom. The highest BCUT2D eigenvalue weighted by atomic mass is 79.9. The number of hydrogen-bond acceptors (Lipinski definition) is 5. The van der Waals surface area contributed by atoms with Crippen LogP contribution in [0.15, 0.2) is 59.1 Å². The molecule has 1 unspecified atom stereocenters. The molecule has 3 aromatic rings. The number of carbonyl (C=O) groups is 1. The van der Waals surface area contributed by atoms with E-state index in [1.165, 1.54) is 18.4 Å². The number of piperidine rings is 1. The van der Waals surface area contributed by atoms with Crippen molar-refractivity contribution in [3.05, 3.63) is 65.9 Å². The van der Waals surface area contributed by atoms with Crippen molar-refractivity contribution < 1.29 is 35.5 Å². The molecule has 6 nitrogen and oxygen atoms in total. The van der Waals surface area contributed by atoms with Crippen LogP contribution in [0.4, 0.5) is 0 Å². The van der Waals surface area contributed by atoms with Crippen molar-refractivity contribution in [1.29, 1.82) is 0 Å². The maximum atomic E-state index is 13.7. The fraction of sp³-hybridized carbons (Fsp3) is 0.500. The predicted molar refractivity (Wildman–Crippen MR) is 132 cm³/mol. The summed E-state index contributed by atoms with van der Waals surface area (Å²) in [5.74, 6) is -0.176. The molecule has 0 spiro atoms. The summed E-state index contributed by atoms with van der Waals surface area (Å²) in [5, 5.41) is 5.27. The van der Waals surface area contributed by atoms with Gasteiger partial charge in [0.05, 0.1) is 20.1 Å². The Morgan fingerprint density at radius 1 is 1.03 bits per heavy atom. The van der Waals surface area contributed by atoms with Gasteiger partial charge >= 0.3 is 5.97 Å². The molecule has 0 radical (unpaired) electrons. The Hall–Kier alpha value is -2.22. The highest BCUT2D eigenvalue weighted by Gasteiger charge is 2.37. The second-order valence-corrected chi connectivity index (χ2v) is 10.3. The van der Waals surface area contributed by atoms with Gasteiger partial charge in [0.2, 0.25) is 0 Å². The van der Waals surface area contributed by atoms with Gasteiger partial charge < -0.3 is 30.7 Å². The third-order valence-electron chi connectivity index (χ3n) is 7.57. The van der Waals surface area contributed by atoms with Gasteiger partial charge in [0.15, 0.2) is 11.6 Å². The van der Waals surface area contributed by atoms with E-state index in [0.717, 1.165) is 73.9 Å². The van der Waals surface area contributed by atoms with Crippen LogP contribution in [-0.2, 0) is 16.1 Å². The third kappa shape index (κ3) is 6.13. The number of benzene rings is 2. The van der Waals surface area contributed by atoms with E-state index in [1.807, 2.05) is 24.3 Å². The monoisotopic (exact) mass is 541 g/mol. The van der Waals surface area contributed by atoms with Gasteiger partial charge in [0.25, 0.3) is 0 Å². The van der Waals surface area contributed by atoms with Crippen molar-refractivity contribution in [3.63, 3.8) is 0 Å².